The monoisotopic (exact) mass is 267 g/mol. The van der Waals surface area contributed by atoms with Crippen molar-refractivity contribution in [2.75, 3.05) is 6.61 Å². The van der Waals surface area contributed by atoms with Crippen molar-refractivity contribution in [2.45, 2.75) is 65.2 Å². The van der Waals surface area contributed by atoms with E-state index < -0.39 is 0 Å². The molecule has 0 unspecified atom stereocenters. The summed E-state index contributed by atoms with van der Waals surface area (Å²) in [6.45, 7) is 9.12. The molecule has 0 amide bonds. The molecule has 1 saturated carbocycles. The van der Waals surface area contributed by atoms with Crippen molar-refractivity contribution in [3.63, 3.8) is 0 Å². The molecule has 1 aromatic heterocycles. The Morgan fingerprint density at radius 2 is 1.89 bits per heavy atom. The Balaban J connectivity index is 2.04. The quantitative estimate of drug-likeness (QED) is 0.885. The second kappa shape index (κ2) is 5.59. The molecule has 5 heteroatoms. The van der Waals surface area contributed by atoms with E-state index in [2.05, 4.69) is 35.5 Å². The molecule has 0 saturated heterocycles. The summed E-state index contributed by atoms with van der Waals surface area (Å²) >= 11 is 0. The van der Waals surface area contributed by atoms with E-state index in [4.69, 9.17) is 4.74 Å². The van der Waals surface area contributed by atoms with E-state index in [0.717, 1.165) is 31.7 Å². The molecule has 0 spiro atoms. The van der Waals surface area contributed by atoms with E-state index in [-0.39, 0.29) is 12.1 Å². The zero-order chi connectivity index (χ0) is 14.0. The fourth-order valence-corrected chi connectivity index (χ4v) is 2.83. The molecular formula is C14H25N3O2. The van der Waals surface area contributed by atoms with Gasteiger partial charge in [-0.05, 0) is 46.5 Å². The van der Waals surface area contributed by atoms with Crippen LogP contribution in [0, 0.1) is 5.92 Å². The Morgan fingerprint density at radius 1 is 1.26 bits per heavy atom. The number of aliphatic hydroxyl groups is 1. The van der Waals surface area contributed by atoms with Gasteiger partial charge in [-0.25, -0.2) is 0 Å². The Hall–Kier alpha value is -0.940. The molecule has 0 aromatic carbocycles. The molecule has 1 aliphatic carbocycles. The number of nitrogens with zero attached hydrogens (tertiary/aromatic N) is 3. The smallest absolute Gasteiger partial charge is 0.159 e. The van der Waals surface area contributed by atoms with Crippen LogP contribution in [0.2, 0.25) is 0 Å². The van der Waals surface area contributed by atoms with Crippen LogP contribution in [0.1, 0.15) is 52.2 Å². The second-order valence-corrected chi connectivity index (χ2v) is 6.32. The van der Waals surface area contributed by atoms with Crippen molar-refractivity contribution in [2.24, 2.45) is 5.92 Å². The van der Waals surface area contributed by atoms with Gasteiger partial charge in [0.25, 0.3) is 0 Å². The molecule has 1 heterocycles. The highest BCUT2D eigenvalue weighted by Gasteiger charge is 2.32. The highest BCUT2D eigenvalue weighted by molar-refractivity contribution is 5.03. The third-order valence-corrected chi connectivity index (χ3v) is 3.68. The van der Waals surface area contributed by atoms with E-state index >= 15 is 0 Å². The zero-order valence-electron chi connectivity index (χ0n) is 12.4. The van der Waals surface area contributed by atoms with E-state index in [0.29, 0.717) is 17.8 Å². The molecule has 1 fully saturated rings. The van der Waals surface area contributed by atoms with E-state index in [1.165, 1.54) is 0 Å². The fraction of sp³-hybridized carbons (Fsp3) is 0.857. The lowest BCUT2D eigenvalue weighted by molar-refractivity contribution is -0.0249. The number of hydrogen-bond acceptors (Lipinski definition) is 4. The van der Waals surface area contributed by atoms with Gasteiger partial charge in [-0.1, -0.05) is 0 Å². The van der Waals surface area contributed by atoms with Gasteiger partial charge < -0.3 is 14.4 Å². The number of aromatic nitrogens is 3. The van der Waals surface area contributed by atoms with Crippen molar-refractivity contribution in [1.82, 2.24) is 14.8 Å². The SMILES string of the molecule is CCOC1CC(Cc2nnc(CO)n2C(C)(C)C)C1. The zero-order valence-corrected chi connectivity index (χ0v) is 12.4. The number of rotatable bonds is 5. The van der Waals surface area contributed by atoms with Crippen LogP contribution >= 0.6 is 0 Å². The van der Waals surface area contributed by atoms with E-state index in [1.807, 2.05) is 6.92 Å². The standard InChI is InChI=1S/C14H25N3O2/c1-5-19-11-6-10(7-11)8-12-15-16-13(9-18)17(12)14(2,3)4/h10-11,18H,5-9H2,1-4H3. The Kier molecular flexibility index (Phi) is 4.26. The van der Waals surface area contributed by atoms with Crippen LogP contribution < -0.4 is 0 Å². The van der Waals surface area contributed by atoms with Crippen molar-refractivity contribution in [3.8, 4) is 0 Å². The van der Waals surface area contributed by atoms with Gasteiger partial charge in [0.1, 0.15) is 12.4 Å². The molecule has 19 heavy (non-hydrogen) atoms. The highest BCUT2D eigenvalue weighted by atomic mass is 16.5. The first-order valence-corrected chi connectivity index (χ1v) is 7.11. The Labute approximate surface area is 115 Å². The first-order valence-electron chi connectivity index (χ1n) is 7.11. The minimum Gasteiger partial charge on any atom is -0.388 e. The first-order chi connectivity index (χ1) is 8.95. The summed E-state index contributed by atoms with van der Waals surface area (Å²) in [5.74, 6) is 2.27. The molecule has 2 rings (SSSR count). The largest absolute Gasteiger partial charge is 0.388 e. The van der Waals surface area contributed by atoms with Gasteiger partial charge in [0.15, 0.2) is 5.82 Å². The van der Waals surface area contributed by atoms with Crippen molar-refractivity contribution < 1.29 is 9.84 Å². The maximum Gasteiger partial charge on any atom is 0.159 e. The van der Waals surface area contributed by atoms with Gasteiger partial charge >= 0.3 is 0 Å². The normalized spacial score (nSPS) is 23.4. The molecule has 5 nitrogen and oxygen atoms in total. The molecule has 0 radical (unpaired) electrons. The summed E-state index contributed by atoms with van der Waals surface area (Å²) in [7, 11) is 0. The van der Waals surface area contributed by atoms with Crippen LogP contribution in [0.3, 0.4) is 0 Å². The average molecular weight is 267 g/mol. The van der Waals surface area contributed by atoms with Crippen LogP contribution in [0.15, 0.2) is 0 Å². The molecule has 1 aliphatic rings. The van der Waals surface area contributed by atoms with Crippen LogP contribution in [0.4, 0.5) is 0 Å². The maximum absolute atomic E-state index is 9.37. The van der Waals surface area contributed by atoms with Crippen molar-refractivity contribution in [3.05, 3.63) is 11.6 Å². The average Bonchev–Trinajstić information content (AvgIpc) is 2.69. The van der Waals surface area contributed by atoms with E-state index in [9.17, 15) is 5.11 Å². The van der Waals surface area contributed by atoms with Crippen LogP contribution in [-0.2, 0) is 23.3 Å². The lowest BCUT2D eigenvalue weighted by Gasteiger charge is -2.35. The number of ether oxygens (including phenoxy) is 1. The predicted molar refractivity (Wildman–Crippen MR) is 72.8 cm³/mol. The Bertz CT molecular complexity index is 417. The lowest BCUT2D eigenvalue weighted by atomic mass is 9.79. The Morgan fingerprint density at radius 3 is 2.42 bits per heavy atom. The van der Waals surface area contributed by atoms with Crippen molar-refractivity contribution in [1.29, 1.82) is 0 Å². The lowest BCUT2D eigenvalue weighted by Crippen LogP contribution is -2.34. The molecule has 0 bridgehead atoms. The molecule has 0 atom stereocenters. The second-order valence-electron chi connectivity index (χ2n) is 6.32. The molecule has 108 valence electrons. The predicted octanol–water partition coefficient (Wildman–Crippen LogP) is 1.88. The summed E-state index contributed by atoms with van der Waals surface area (Å²) in [5.41, 5.74) is -0.0973. The summed E-state index contributed by atoms with van der Waals surface area (Å²) in [5, 5.41) is 17.7. The molecule has 0 aliphatic heterocycles. The molecular weight excluding hydrogens is 242 g/mol. The third-order valence-electron chi connectivity index (χ3n) is 3.68. The summed E-state index contributed by atoms with van der Waals surface area (Å²) < 4.78 is 7.66. The number of aliphatic hydroxyl groups excluding tert-OH is 1. The molecule has 1 N–H and O–H groups in total. The number of hydrogen-bond donors (Lipinski definition) is 1. The summed E-state index contributed by atoms with van der Waals surface area (Å²) in [6, 6.07) is 0. The molecule has 1 aromatic rings. The van der Waals surface area contributed by atoms with Gasteiger partial charge in [-0.15, -0.1) is 10.2 Å². The van der Waals surface area contributed by atoms with Crippen LogP contribution in [-0.4, -0.2) is 32.6 Å². The summed E-state index contributed by atoms with van der Waals surface area (Å²) in [4.78, 5) is 0. The third kappa shape index (κ3) is 3.15. The van der Waals surface area contributed by atoms with Crippen molar-refractivity contribution >= 4 is 0 Å². The van der Waals surface area contributed by atoms with Gasteiger partial charge in [-0.3, -0.25) is 0 Å². The van der Waals surface area contributed by atoms with E-state index in [1.54, 1.807) is 0 Å². The minimum absolute atomic E-state index is 0.0590. The first kappa shape index (κ1) is 14.5. The minimum atomic E-state index is -0.0973. The fourth-order valence-electron chi connectivity index (χ4n) is 2.83. The van der Waals surface area contributed by atoms with Crippen LogP contribution in [0.5, 0.6) is 0 Å². The van der Waals surface area contributed by atoms with Gasteiger partial charge in [0.2, 0.25) is 0 Å². The van der Waals surface area contributed by atoms with Gasteiger partial charge in [0.05, 0.1) is 6.10 Å². The van der Waals surface area contributed by atoms with Crippen LogP contribution in [0.25, 0.3) is 0 Å². The highest BCUT2D eigenvalue weighted by Crippen LogP contribution is 2.33. The maximum atomic E-state index is 9.37. The van der Waals surface area contributed by atoms with Gasteiger partial charge in [0, 0.05) is 18.6 Å². The van der Waals surface area contributed by atoms with Gasteiger partial charge in [-0.2, -0.15) is 0 Å². The topological polar surface area (TPSA) is 60.2 Å². The summed E-state index contributed by atoms with van der Waals surface area (Å²) in [6.07, 6.45) is 3.57.